The van der Waals surface area contributed by atoms with Crippen LogP contribution in [0, 0.1) is 12.8 Å². The normalized spacial score (nSPS) is 11.6. The van der Waals surface area contributed by atoms with Crippen LogP contribution < -0.4 is 0 Å². The zero-order chi connectivity index (χ0) is 14.1. The summed E-state index contributed by atoms with van der Waals surface area (Å²) in [5, 5.41) is 4.46. The molecule has 0 N–H and O–H groups in total. The monoisotopic (exact) mass is 268 g/mol. The quantitative estimate of drug-likeness (QED) is 0.725. The summed E-state index contributed by atoms with van der Waals surface area (Å²) in [7, 11) is 0. The summed E-state index contributed by atoms with van der Waals surface area (Å²) in [6.07, 6.45) is 7.27. The van der Waals surface area contributed by atoms with E-state index in [1.165, 1.54) is 0 Å². The first-order valence-corrected chi connectivity index (χ1v) is 7.11. The molecule has 0 atom stereocenters. The molecule has 0 fully saturated rings. The molecule has 0 bridgehead atoms. The lowest BCUT2D eigenvalue weighted by atomic mass is 10.1. The van der Waals surface area contributed by atoms with Crippen molar-refractivity contribution >= 4 is 5.65 Å². The Morgan fingerprint density at radius 3 is 2.85 bits per heavy atom. The van der Waals surface area contributed by atoms with Crippen molar-refractivity contribution in [1.29, 1.82) is 0 Å². The fourth-order valence-corrected chi connectivity index (χ4v) is 2.38. The van der Waals surface area contributed by atoms with Gasteiger partial charge in [0.25, 0.3) is 0 Å². The van der Waals surface area contributed by atoms with Crippen molar-refractivity contribution in [3.63, 3.8) is 0 Å². The molecule has 0 spiro atoms. The highest BCUT2D eigenvalue weighted by Gasteiger charge is 2.07. The molecule has 0 aromatic carbocycles. The molecule has 4 nitrogen and oxygen atoms in total. The first-order valence-electron chi connectivity index (χ1n) is 7.11. The number of hydrogen-bond acceptors (Lipinski definition) is 2. The van der Waals surface area contributed by atoms with Crippen LogP contribution in [0.3, 0.4) is 0 Å². The molecule has 0 amide bonds. The number of pyridine rings is 1. The van der Waals surface area contributed by atoms with Crippen LogP contribution in [0.2, 0.25) is 0 Å². The zero-order valence-electron chi connectivity index (χ0n) is 12.2. The molecule has 3 heterocycles. The third kappa shape index (κ3) is 2.46. The molecule has 0 saturated carbocycles. The Balaban J connectivity index is 1.95. The largest absolute Gasteiger partial charge is 0.299 e. The topological polar surface area (TPSA) is 35.1 Å². The number of fused-ring (bicyclic) bond motifs is 1. The number of aromatic nitrogens is 4. The average Bonchev–Trinajstić information content (AvgIpc) is 3.00. The Morgan fingerprint density at radius 1 is 1.20 bits per heavy atom. The van der Waals surface area contributed by atoms with E-state index in [2.05, 4.69) is 46.8 Å². The molecule has 0 saturated heterocycles. The van der Waals surface area contributed by atoms with E-state index in [-0.39, 0.29) is 0 Å². The molecule has 0 radical (unpaired) electrons. The lowest BCUT2D eigenvalue weighted by Crippen LogP contribution is -2.01. The third-order valence-corrected chi connectivity index (χ3v) is 3.48. The Bertz CT molecular complexity index is 721. The van der Waals surface area contributed by atoms with Crippen molar-refractivity contribution in [1.82, 2.24) is 19.2 Å². The van der Waals surface area contributed by atoms with Crippen molar-refractivity contribution in [2.75, 3.05) is 0 Å². The van der Waals surface area contributed by atoms with E-state index in [4.69, 9.17) is 0 Å². The Morgan fingerprint density at radius 2 is 2.05 bits per heavy atom. The lowest BCUT2D eigenvalue weighted by Gasteiger charge is -2.04. The Labute approximate surface area is 119 Å². The third-order valence-electron chi connectivity index (χ3n) is 3.48. The van der Waals surface area contributed by atoms with Crippen LogP contribution in [-0.2, 0) is 6.54 Å². The molecule has 3 rings (SSSR count). The second-order valence-corrected chi connectivity index (χ2v) is 5.70. The summed E-state index contributed by atoms with van der Waals surface area (Å²) < 4.78 is 4.15. The highest BCUT2D eigenvalue weighted by Crippen LogP contribution is 2.21. The maximum absolute atomic E-state index is 4.50. The van der Waals surface area contributed by atoms with E-state index < -0.39 is 0 Å². The van der Waals surface area contributed by atoms with Crippen LogP contribution in [0.25, 0.3) is 16.9 Å². The van der Waals surface area contributed by atoms with E-state index in [9.17, 15) is 0 Å². The van der Waals surface area contributed by atoms with Gasteiger partial charge in [-0.2, -0.15) is 5.10 Å². The van der Waals surface area contributed by atoms with Gasteiger partial charge in [-0.3, -0.25) is 9.08 Å². The summed E-state index contributed by atoms with van der Waals surface area (Å²) in [6.45, 7) is 7.46. The van der Waals surface area contributed by atoms with Gasteiger partial charge in [0.15, 0.2) is 0 Å². The van der Waals surface area contributed by atoms with Gasteiger partial charge in [0, 0.05) is 24.5 Å². The second-order valence-electron chi connectivity index (χ2n) is 5.70. The van der Waals surface area contributed by atoms with Crippen LogP contribution in [0.5, 0.6) is 0 Å². The van der Waals surface area contributed by atoms with Crippen LogP contribution >= 0.6 is 0 Å². The van der Waals surface area contributed by atoms with Crippen molar-refractivity contribution < 1.29 is 0 Å². The SMILES string of the molecule is Cc1cn2c(-c3cnn(CCC(C)C)c3)cccc2n1. The number of imidazole rings is 1. The highest BCUT2D eigenvalue weighted by atomic mass is 15.3. The molecule has 0 aliphatic carbocycles. The molecular formula is C16H20N4. The van der Waals surface area contributed by atoms with Crippen LogP contribution in [0.1, 0.15) is 26.0 Å². The molecule has 0 aliphatic heterocycles. The first-order chi connectivity index (χ1) is 9.63. The molecule has 20 heavy (non-hydrogen) atoms. The number of nitrogens with zero attached hydrogens (tertiary/aromatic N) is 4. The molecule has 0 aliphatic rings. The van der Waals surface area contributed by atoms with Gasteiger partial charge < -0.3 is 0 Å². The maximum atomic E-state index is 4.50. The van der Waals surface area contributed by atoms with Gasteiger partial charge in [-0.15, -0.1) is 0 Å². The summed E-state index contributed by atoms with van der Waals surface area (Å²) in [6, 6.07) is 6.18. The number of aryl methyl sites for hydroxylation is 2. The van der Waals surface area contributed by atoms with Crippen molar-refractivity contribution in [2.24, 2.45) is 5.92 Å². The smallest absolute Gasteiger partial charge is 0.137 e. The minimum absolute atomic E-state index is 0.697. The fourth-order valence-electron chi connectivity index (χ4n) is 2.38. The predicted molar refractivity (Wildman–Crippen MR) is 80.6 cm³/mol. The van der Waals surface area contributed by atoms with Gasteiger partial charge in [0.2, 0.25) is 0 Å². The van der Waals surface area contributed by atoms with E-state index >= 15 is 0 Å². The molecule has 104 valence electrons. The van der Waals surface area contributed by atoms with Crippen molar-refractivity contribution in [3.05, 3.63) is 42.5 Å². The minimum atomic E-state index is 0.697. The fraction of sp³-hybridized carbons (Fsp3) is 0.375. The second kappa shape index (κ2) is 5.12. The lowest BCUT2D eigenvalue weighted by molar-refractivity contribution is 0.487. The predicted octanol–water partition coefficient (Wildman–Crippen LogP) is 3.55. The first kappa shape index (κ1) is 12.9. The van der Waals surface area contributed by atoms with E-state index in [0.717, 1.165) is 35.6 Å². The number of rotatable bonds is 4. The molecule has 4 heteroatoms. The summed E-state index contributed by atoms with van der Waals surface area (Å²) >= 11 is 0. The van der Waals surface area contributed by atoms with Gasteiger partial charge in [-0.25, -0.2) is 4.98 Å². The van der Waals surface area contributed by atoms with Crippen molar-refractivity contribution in [2.45, 2.75) is 33.7 Å². The van der Waals surface area contributed by atoms with E-state index in [0.29, 0.717) is 5.92 Å². The standard InChI is InChI=1S/C16H20N4/c1-12(2)7-8-19-11-14(9-17-19)15-5-4-6-16-18-13(3)10-20(15)16/h4-6,9-12H,7-8H2,1-3H3. The number of hydrogen-bond donors (Lipinski definition) is 0. The summed E-state index contributed by atoms with van der Waals surface area (Å²) in [4.78, 5) is 4.50. The van der Waals surface area contributed by atoms with Gasteiger partial charge in [0.05, 0.1) is 17.6 Å². The van der Waals surface area contributed by atoms with Crippen LogP contribution in [0.15, 0.2) is 36.8 Å². The van der Waals surface area contributed by atoms with Crippen LogP contribution in [0.4, 0.5) is 0 Å². The summed E-state index contributed by atoms with van der Waals surface area (Å²) in [5.74, 6) is 0.697. The van der Waals surface area contributed by atoms with Gasteiger partial charge >= 0.3 is 0 Å². The summed E-state index contributed by atoms with van der Waals surface area (Å²) in [5.41, 5.74) is 4.29. The molecule has 0 unspecified atom stereocenters. The highest BCUT2D eigenvalue weighted by molar-refractivity contribution is 5.62. The average molecular weight is 268 g/mol. The van der Waals surface area contributed by atoms with Gasteiger partial charge in [-0.05, 0) is 31.4 Å². The minimum Gasteiger partial charge on any atom is -0.299 e. The van der Waals surface area contributed by atoms with E-state index in [1.54, 1.807) is 0 Å². The molecule has 3 aromatic rings. The molecule has 3 aromatic heterocycles. The zero-order valence-corrected chi connectivity index (χ0v) is 12.2. The molecular weight excluding hydrogens is 248 g/mol. The maximum Gasteiger partial charge on any atom is 0.137 e. The van der Waals surface area contributed by atoms with Gasteiger partial charge in [-0.1, -0.05) is 19.9 Å². The van der Waals surface area contributed by atoms with Crippen molar-refractivity contribution in [3.8, 4) is 11.3 Å². The Kier molecular flexibility index (Phi) is 3.30. The van der Waals surface area contributed by atoms with E-state index in [1.807, 2.05) is 29.9 Å². The van der Waals surface area contributed by atoms with Gasteiger partial charge in [0.1, 0.15) is 5.65 Å². The Hall–Kier alpha value is -2.10. The van der Waals surface area contributed by atoms with Crippen LogP contribution in [-0.4, -0.2) is 19.2 Å².